The zero-order valence-corrected chi connectivity index (χ0v) is 15.6. The van der Waals surface area contributed by atoms with Gasteiger partial charge in [-0.1, -0.05) is 36.4 Å². The lowest BCUT2D eigenvalue weighted by molar-refractivity contribution is 0.102. The van der Waals surface area contributed by atoms with Gasteiger partial charge in [0.15, 0.2) is 0 Å². The van der Waals surface area contributed by atoms with Gasteiger partial charge in [-0.15, -0.1) is 0 Å². The standard InChI is InChI=1S/C22H23N3O/c1-14-7-5-8-15(2)20(14)24-19-11-18(12-23-13-19)22(26)25-21-16(3)9-6-10-17(21)4/h5-13,24H,1-4H3,(H,25,26). The van der Waals surface area contributed by atoms with Gasteiger partial charge in [0.25, 0.3) is 5.91 Å². The monoisotopic (exact) mass is 345 g/mol. The fraction of sp³-hybridized carbons (Fsp3) is 0.182. The fourth-order valence-corrected chi connectivity index (χ4v) is 2.99. The number of amides is 1. The van der Waals surface area contributed by atoms with Crippen molar-refractivity contribution in [3.63, 3.8) is 0 Å². The summed E-state index contributed by atoms with van der Waals surface area (Å²) in [4.78, 5) is 16.9. The molecule has 2 aromatic carbocycles. The number of carbonyl (C=O) groups is 1. The molecular weight excluding hydrogens is 322 g/mol. The van der Waals surface area contributed by atoms with Crippen LogP contribution in [0.5, 0.6) is 0 Å². The van der Waals surface area contributed by atoms with Crippen molar-refractivity contribution in [1.82, 2.24) is 4.98 Å². The van der Waals surface area contributed by atoms with Crippen LogP contribution in [0.1, 0.15) is 32.6 Å². The molecule has 1 heterocycles. The van der Waals surface area contributed by atoms with Crippen molar-refractivity contribution in [1.29, 1.82) is 0 Å². The second kappa shape index (κ2) is 7.40. The van der Waals surface area contributed by atoms with Gasteiger partial charge in [-0.25, -0.2) is 0 Å². The Bertz CT molecular complexity index is 923. The normalized spacial score (nSPS) is 10.5. The molecule has 0 atom stereocenters. The van der Waals surface area contributed by atoms with E-state index in [4.69, 9.17) is 0 Å². The first kappa shape index (κ1) is 17.7. The summed E-state index contributed by atoms with van der Waals surface area (Å²) in [5, 5.41) is 6.38. The van der Waals surface area contributed by atoms with Crippen molar-refractivity contribution >= 4 is 23.0 Å². The van der Waals surface area contributed by atoms with E-state index in [-0.39, 0.29) is 5.91 Å². The second-order valence-electron chi connectivity index (χ2n) is 6.58. The van der Waals surface area contributed by atoms with Gasteiger partial charge >= 0.3 is 0 Å². The van der Waals surface area contributed by atoms with Gasteiger partial charge in [0.2, 0.25) is 0 Å². The maximum atomic E-state index is 12.7. The van der Waals surface area contributed by atoms with E-state index in [0.717, 1.165) is 39.3 Å². The van der Waals surface area contributed by atoms with Crippen molar-refractivity contribution in [2.24, 2.45) is 0 Å². The molecule has 1 amide bonds. The van der Waals surface area contributed by atoms with Gasteiger partial charge in [0.05, 0.1) is 17.4 Å². The molecule has 3 aromatic rings. The van der Waals surface area contributed by atoms with Crippen LogP contribution in [0.2, 0.25) is 0 Å². The number of nitrogens with one attached hydrogen (secondary N) is 2. The second-order valence-corrected chi connectivity index (χ2v) is 6.58. The molecule has 0 saturated heterocycles. The van der Waals surface area contributed by atoms with E-state index in [9.17, 15) is 4.79 Å². The Morgan fingerprint density at radius 1 is 0.808 bits per heavy atom. The van der Waals surface area contributed by atoms with Crippen LogP contribution in [0.3, 0.4) is 0 Å². The van der Waals surface area contributed by atoms with Crippen molar-refractivity contribution in [2.75, 3.05) is 10.6 Å². The lowest BCUT2D eigenvalue weighted by atomic mass is 10.1. The third-order valence-corrected chi connectivity index (χ3v) is 4.47. The first-order chi connectivity index (χ1) is 12.5. The average Bonchev–Trinajstić information content (AvgIpc) is 2.62. The minimum atomic E-state index is -0.167. The molecule has 1 aromatic heterocycles. The molecule has 0 aliphatic heterocycles. The fourth-order valence-electron chi connectivity index (χ4n) is 2.99. The van der Waals surface area contributed by atoms with Crippen molar-refractivity contribution in [2.45, 2.75) is 27.7 Å². The van der Waals surface area contributed by atoms with Gasteiger partial charge in [0, 0.05) is 17.6 Å². The van der Waals surface area contributed by atoms with Gasteiger partial charge in [-0.3, -0.25) is 9.78 Å². The molecule has 2 N–H and O–H groups in total. The average molecular weight is 345 g/mol. The maximum Gasteiger partial charge on any atom is 0.257 e. The van der Waals surface area contributed by atoms with E-state index in [1.165, 1.54) is 0 Å². The first-order valence-electron chi connectivity index (χ1n) is 8.61. The lowest BCUT2D eigenvalue weighted by Crippen LogP contribution is -2.14. The number of pyridine rings is 1. The molecule has 0 aliphatic carbocycles. The van der Waals surface area contributed by atoms with Crippen molar-refractivity contribution < 1.29 is 4.79 Å². The van der Waals surface area contributed by atoms with Gasteiger partial charge in [0.1, 0.15) is 0 Å². The van der Waals surface area contributed by atoms with E-state index in [1.807, 2.05) is 44.2 Å². The highest BCUT2D eigenvalue weighted by Gasteiger charge is 2.11. The predicted molar refractivity (Wildman–Crippen MR) is 107 cm³/mol. The maximum absolute atomic E-state index is 12.7. The summed E-state index contributed by atoms with van der Waals surface area (Å²) in [6.07, 6.45) is 3.31. The highest BCUT2D eigenvalue weighted by Crippen LogP contribution is 2.25. The van der Waals surface area contributed by atoms with Crippen LogP contribution < -0.4 is 10.6 Å². The molecule has 0 saturated carbocycles. The molecule has 132 valence electrons. The highest BCUT2D eigenvalue weighted by atomic mass is 16.1. The number of aryl methyl sites for hydroxylation is 4. The predicted octanol–water partition coefficient (Wildman–Crippen LogP) is 5.31. The molecule has 4 heteroatoms. The molecule has 0 radical (unpaired) electrons. The Morgan fingerprint density at radius 3 is 1.92 bits per heavy atom. The lowest BCUT2D eigenvalue weighted by Gasteiger charge is -2.14. The number of hydrogen-bond donors (Lipinski definition) is 2. The Labute approximate surface area is 154 Å². The Morgan fingerprint density at radius 2 is 1.35 bits per heavy atom. The molecular formula is C22H23N3O. The summed E-state index contributed by atoms with van der Waals surface area (Å²) >= 11 is 0. The number of anilines is 3. The summed E-state index contributed by atoms with van der Waals surface area (Å²) in [5.41, 5.74) is 7.57. The molecule has 3 rings (SSSR count). The highest BCUT2D eigenvalue weighted by molar-refractivity contribution is 6.05. The SMILES string of the molecule is Cc1cccc(C)c1NC(=O)c1cncc(Nc2c(C)cccc2C)c1. The van der Waals surface area contributed by atoms with Crippen LogP contribution in [0.15, 0.2) is 54.9 Å². The van der Waals surface area contributed by atoms with E-state index in [2.05, 4.69) is 41.6 Å². The molecule has 0 unspecified atom stereocenters. The number of aromatic nitrogens is 1. The minimum Gasteiger partial charge on any atom is -0.354 e. The van der Waals surface area contributed by atoms with Gasteiger partial charge < -0.3 is 10.6 Å². The summed E-state index contributed by atoms with van der Waals surface area (Å²) in [6.45, 7) is 8.08. The number of nitrogens with zero attached hydrogens (tertiary/aromatic N) is 1. The zero-order valence-electron chi connectivity index (χ0n) is 15.6. The molecule has 26 heavy (non-hydrogen) atoms. The van der Waals surface area contributed by atoms with E-state index >= 15 is 0 Å². The third kappa shape index (κ3) is 3.75. The van der Waals surface area contributed by atoms with Gasteiger partial charge in [-0.2, -0.15) is 0 Å². The molecule has 0 fully saturated rings. The van der Waals surface area contributed by atoms with Crippen molar-refractivity contribution in [3.8, 4) is 0 Å². The third-order valence-electron chi connectivity index (χ3n) is 4.47. The van der Waals surface area contributed by atoms with Crippen LogP contribution in [-0.2, 0) is 0 Å². The number of para-hydroxylation sites is 2. The van der Waals surface area contributed by atoms with Crippen LogP contribution in [0.25, 0.3) is 0 Å². The first-order valence-corrected chi connectivity index (χ1v) is 8.61. The summed E-state index contributed by atoms with van der Waals surface area (Å²) < 4.78 is 0. The van der Waals surface area contributed by atoms with E-state index < -0.39 is 0 Å². The molecule has 0 bridgehead atoms. The molecule has 0 aliphatic rings. The molecule has 4 nitrogen and oxygen atoms in total. The Kier molecular flexibility index (Phi) is 5.03. The Hall–Kier alpha value is -3.14. The number of hydrogen-bond acceptors (Lipinski definition) is 3. The van der Waals surface area contributed by atoms with E-state index in [1.54, 1.807) is 12.4 Å². The number of benzene rings is 2. The summed E-state index contributed by atoms with van der Waals surface area (Å²) in [5.74, 6) is -0.167. The summed E-state index contributed by atoms with van der Waals surface area (Å²) in [7, 11) is 0. The zero-order chi connectivity index (χ0) is 18.7. The largest absolute Gasteiger partial charge is 0.354 e. The van der Waals surface area contributed by atoms with Crippen LogP contribution >= 0.6 is 0 Å². The van der Waals surface area contributed by atoms with Crippen LogP contribution in [-0.4, -0.2) is 10.9 Å². The van der Waals surface area contributed by atoms with E-state index in [0.29, 0.717) is 5.56 Å². The Balaban J connectivity index is 1.84. The minimum absolute atomic E-state index is 0.167. The van der Waals surface area contributed by atoms with Gasteiger partial charge in [-0.05, 0) is 56.0 Å². The quantitative estimate of drug-likeness (QED) is 0.673. The van der Waals surface area contributed by atoms with Crippen LogP contribution in [0.4, 0.5) is 17.1 Å². The summed E-state index contributed by atoms with van der Waals surface area (Å²) in [6, 6.07) is 13.9. The smallest absolute Gasteiger partial charge is 0.257 e. The topological polar surface area (TPSA) is 54.0 Å². The number of carbonyl (C=O) groups excluding carboxylic acids is 1. The van der Waals surface area contributed by atoms with Crippen molar-refractivity contribution in [3.05, 3.63) is 82.7 Å². The van der Waals surface area contributed by atoms with Crippen LogP contribution in [0, 0.1) is 27.7 Å². The number of rotatable bonds is 4. The molecule has 0 spiro atoms.